The zero-order chi connectivity index (χ0) is 16.8. The van der Waals surface area contributed by atoms with Gasteiger partial charge in [0.2, 0.25) is 0 Å². The van der Waals surface area contributed by atoms with Crippen LogP contribution in [0.2, 0.25) is 0 Å². The van der Waals surface area contributed by atoms with Crippen LogP contribution in [0.3, 0.4) is 0 Å². The second-order valence-electron chi connectivity index (χ2n) is 6.29. The van der Waals surface area contributed by atoms with Crippen molar-refractivity contribution in [1.82, 2.24) is 9.66 Å². The molecule has 122 valence electrons. The fourth-order valence-corrected chi connectivity index (χ4v) is 2.45. The van der Waals surface area contributed by atoms with Crippen molar-refractivity contribution in [2.24, 2.45) is 11.0 Å². The van der Waals surface area contributed by atoms with Crippen LogP contribution >= 0.6 is 0 Å². The minimum Gasteiger partial charge on any atom is -0.267 e. The van der Waals surface area contributed by atoms with Gasteiger partial charge in [-0.25, -0.2) is 4.98 Å². The molecule has 1 atom stereocenters. The molecule has 0 fully saturated rings. The van der Waals surface area contributed by atoms with Gasteiger partial charge in [-0.15, -0.1) is 0 Å². The van der Waals surface area contributed by atoms with Crippen LogP contribution in [0.25, 0.3) is 10.9 Å². The van der Waals surface area contributed by atoms with Crippen LogP contribution in [0.15, 0.2) is 45.8 Å². The molecule has 0 unspecified atom stereocenters. The van der Waals surface area contributed by atoms with Crippen LogP contribution < -0.4 is 5.56 Å². The summed E-state index contributed by atoms with van der Waals surface area (Å²) in [7, 11) is 0. The molecule has 4 nitrogen and oxygen atoms in total. The molecule has 0 saturated heterocycles. The van der Waals surface area contributed by atoms with E-state index in [1.165, 1.54) is 10.2 Å². The van der Waals surface area contributed by atoms with E-state index in [-0.39, 0.29) is 5.56 Å². The third kappa shape index (κ3) is 4.62. The van der Waals surface area contributed by atoms with E-state index < -0.39 is 0 Å². The van der Waals surface area contributed by atoms with Crippen molar-refractivity contribution in [3.8, 4) is 0 Å². The van der Waals surface area contributed by atoms with Gasteiger partial charge in [-0.1, -0.05) is 30.7 Å². The van der Waals surface area contributed by atoms with Crippen molar-refractivity contribution in [3.05, 3.63) is 52.1 Å². The third-order valence-corrected chi connectivity index (χ3v) is 3.83. The average molecular weight is 311 g/mol. The molecular weight excluding hydrogens is 286 g/mol. The summed E-state index contributed by atoms with van der Waals surface area (Å²) in [5.41, 5.74) is 1.97. The molecule has 1 heterocycles. The molecule has 1 aromatic carbocycles. The quantitative estimate of drug-likeness (QED) is 0.589. The molecule has 2 aromatic rings. The third-order valence-electron chi connectivity index (χ3n) is 3.83. The minimum atomic E-state index is -0.110. The Morgan fingerprint density at radius 1 is 1.35 bits per heavy atom. The fourth-order valence-electron chi connectivity index (χ4n) is 2.45. The molecule has 0 N–H and O–H groups in total. The van der Waals surface area contributed by atoms with Gasteiger partial charge >= 0.3 is 0 Å². The van der Waals surface area contributed by atoms with E-state index in [2.05, 4.69) is 36.9 Å². The van der Waals surface area contributed by atoms with Crippen LogP contribution in [0, 0.1) is 12.8 Å². The SMILES string of the molecule is CC(C)=CCC[C@@H](C)C/C=N\n1c(C)nc2ccccc2c1=O. The molecule has 0 aliphatic carbocycles. The first-order valence-electron chi connectivity index (χ1n) is 8.13. The van der Waals surface area contributed by atoms with Crippen LogP contribution in [-0.4, -0.2) is 15.9 Å². The van der Waals surface area contributed by atoms with Crippen molar-refractivity contribution in [3.63, 3.8) is 0 Å². The number of para-hydroxylation sites is 1. The zero-order valence-corrected chi connectivity index (χ0v) is 14.4. The van der Waals surface area contributed by atoms with Crippen molar-refractivity contribution >= 4 is 17.1 Å². The molecular formula is C19H25N3O. The molecule has 0 aliphatic rings. The Bertz CT molecular complexity index is 783. The Labute approximate surface area is 137 Å². The highest BCUT2D eigenvalue weighted by atomic mass is 16.1. The van der Waals surface area contributed by atoms with E-state index in [9.17, 15) is 4.79 Å². The molecule has 2 rings (SSSR count). The molecule has 0 saturated carbocycles. The molecule has 0 aliphatic heterocycles. The number of rotatable bonds is 6. The minimum absolute atomic E-state index is 0.110. The Balaban J connectivity index is 2.09. The van der Waals surface area contributed by atoms with Crippen LogP contribution in [0.1, 0.15) is 45.9 Å². The first kappa shape index (κ1) is 17.1. The van der Waals surface area contributed by atoms with E-state index in [0.717, 1.165) is 24.8 Å². The molecule has 0 radical (unpaired) electrons. The molecule has 0 amide bonds. The molecule has 0 bridgehead atoms. The standard InChI is InChI=1S/C19H25N3O/c1-14(2)8-7-9-15(3)12-13-20-22-16(4)21-18-11-6-5-10-17(18)19(22)23/h5-6,8,10-11,13,15H,7,9,12H2,1-4H3/b20-13-/t15-/m1/s1. The second-order valence-corrected chi connectivity index (χ2v) is 6.29. The Morgan fingerprint density at radius 3 is 2.83 bits per heavy atom. The van der Waals surface area contributed by atoms with Crippen molar-refractivity contribution in [2.75, 3.05) is 0 Å². The van der Waals surface area contributed by atoms with Gasteiger partial charge in [0, 0.05) is 6.21 Å². The van der Waals surface area contributed by atoms with Gasteiger partial charge in [0.1, 0.15) is 5.82 Å². The Hall–Kier alpha value is -2.23. The smallest absolute Gasteiger partial charge is 0.267 e. The monoisotopic (exact) mass is 311 g/mol. The lowest BCUT2D eigenvalue weighted by Gasteiger charge is -2.07. The summed E-state index contributed by atoms with van der Waals surface area (Å²) >= 11 is 0. The highest BCUT2D eigenvalue weighted by molar-refractivity contribution is 5.77. The number of hydrogen-bond donors (Lipinski definition) is 0. The van der Waals surface area contributed by atoms with Gasteiger partial charge in [0.25, 0.3) is 5.56 Å². The number of allylic oxidation sites excluding steroid dienone is 2. The molecule has 0 spiro atoms. The number of aryl methyl sites for hydroxylation is 1. The molecule has 23 heavy (non-hydrogen) atoms. The number of aromatic nitrogens is 2. The van der Waals surface area contributed by atoms with Gasteiger partial charge in [0.05, 0.1) is 10.9 Å². The lowest BCUT2D eigenvalue weighted by Crippen LogP contribution is -2.20. The fraction of sp³-hybridized carbons (Fsp3) is 0.421. The van der Waals surface area contributed by atoms with Crippen LogP contribution in [0.5, 0.6) is 0 Å². The normalized spacial score (nSPS) is 12.7. The summed E-state index contributed by atoms with van der Waals surface area (Å²) in [6.45, 7) is 8.25. The lowest BCUT2D eigenvalue weighted by molar-refractivity contribution is 0.561. The van der Waals surface area contributed by atoms with E-state index >= 15 is 0 Å². The number of hydrogen-bond acceptors (Lipinski definition) is 3. The maximum absolute atomic E-state index is 12.5. The van der Waals surface area contributed by atoms with Crippen LogP contribution in [-0.2, 0) is 0 Å². The topological polar surface area (TPSA) is 47.2 Å². The first-order chi connectivity index (χ1) is 11.0. The second kappa shape index (κ2) is 7.86. The summed E-state index contributed by atoms with van der Waals surface area (Å²) < 4.78 is 1.39. The maximum Gasteiger partial charge on any atom is 0.282 e. The first-order valence-corrected chi connectivity index (χ1v) is 8.13. The van der Waals surface area contributed by atoms with Crippen LogP contribution in [0.4, 0.5) is 0 Å². The summed E-state index contributed by atoms with van der Waals surface area (Å²) in [4.78, 5) is 16.9. The number of fused-ring (bicyclic) bond motifs is 1. The summed E-state index contributed by atoms with van der Waals surface area (Å²) in [6.07, 6.45) is 7.16. The van der Waals surface area contributed by atoms with Crippen molar-refractivity contribution in [2.45, 2.75) is 47.0 Å². The number of benzene rings is 1. The average Bonchev–Trinajstić information content (AvgIpc) is 2.50. The van der Waals surface area contributed by atoms with E-state index in [1.807, 2.05) is 31.3 Å². The molecule has 4 heteroatoms. The highest BCUT2D eigenvalue weighted by Gasteiger charge is 2.06. The van der Waals surface area contributed by atoms with Gasteiger partial charge in [-0.05, 0) is 58.1 Å². The summed E-state index contributed by atoms with van der Waals surface area (Å²) in [6, 6.07) is 7.37. The zero-order valence-electron chi connectivity index (χ0n) is 14.4. The van der Waals surface area contributed by atoms with Gasteiger partial charge in [0.15, 0.2) is 0 Å². The predicted molar refractivity (Wildman–Crippen MR) is 97.1 cm³/mol. The van der Waals surface area contributed by atoms with E-state index in [4.69, 9.17) is 0 Å². The molecule has 1 aromatic heterocycles. The largest absolute Gasteiger partial charge is 0.282 e. The lowest BCUT2D eigenvalue weighted by atomic mass is 10.0. The Kier molecular flexibility index (Phi) is 5.85. The van der Waals surface area contributed by atoms with E-state index in [1.54, 1.807) is 6.07 Å². The van der Waals surface area contributed by atoms with Gasteiger partial charge in [-0.2, -0.15) is 9.78 Å². The Morgan fingerprint density at radius 2 is 2.09 bits per heavy atom. The van der Waals surface area contributed by atoms with Gasteiger partial charge in [-0.3, -0.25) is 4.79 Å². The maximum atomic E-state index is 12.5. The van der Waals surface area contributed by atoms with Gasteiger partial charge < -0.3 is 0 Å². The summed E-state index contributed by atoms with van der Waals surface area (Å²) in [5.74, 6) is 1.15. The predicted octanol–water partition coefficient (Wildman–Crippen LogP) is 4.31. The number of nitrogens with zero attached hydrogens (tertiary/aromatic N) is 3. The van der Waals surface area contributed by atoms with E-state index in [0.29, 0.717) is 17.1 Å². The highest BCUT2D eigenvalue weighted by Crippen LogP contribution is 2.11. The summed E-state index contributed by atoms with van der Waals surface area (Å²) in [5, 5.41) is 4.94. The van der Waals surface area contributed by atoms with Crippen molar-refractivity contribution < 1.29 is 0 Å². The van der Waals surface area contributed by atoms with Crippen molar-refractivity contribution in [1.29, 1.82) is 0 Å².